The van der Waals surface area contributed by atoms with E-state index in [0.29, 0.717) is 5.69 Å². The average molecular weight is 198 g/mol. The fraction of sp³-hybridized carbons (Fsp3) is 0. The Bertz CT molecular complexity index is 406. The normalized spacial score (nSPS) is 12.1. The number of hydrogen-bond acceptors (Lipinski definition) is 3. The minimum atomic E-state index is -3.54. The third kappa shape index (κ3) is 3.73. The molecule has 0 bridgehead atoms. The maximum Gasteiger partial charge on any atom is 0.231 e. The molecule has 0 heterocycles. The lowest BCUT2D eigenvalue weighted by Gasteiger charge is -1.93. The van der Waals surface area contributed by atoms with E-state index < -0.39 is 10.0 Å². The molecule has 70 valence electrons. The number of anilines is 1. The predicted octanol–water partition coefficient (Wildman–Crippen LogP) is 0.528. The van der Waals surface area contributed by atoms with E-state index in [1.807, 2.05) is 0 Å². The van der Waals surface area contributed by atoms with E-state index in [-0.39, 0.29) is 0 Å². The molecule has 5 heteroatoms. The van der Waals surface area contributed by atoms with Crippen LogP contribution >= 0.6 is 0 Å². The molecular weight excluding hydrogens is 188 g/mol. The Labute approximate surface area is 76.9 Å². The van der Waals surface area contributed by atoms with Crippen molar-refractivity contribution in [1.29, 1.82) is 0 Å². The Morgan fingerprint density at radius 1 is 1.15 bits per heavy atom. The van der Waals surface area contributed by atoms with E-state index in [2.05, 4.69) is 0 Å². The van der Waals surface area contributed by atoms with Crippen LogP contribution in [-0.2, 0) is 10.0 Å². The highest BCUT2D eigenvalue weighted by atomic mass is 32.2. The van der Waals surface area contributed by atoms with Crippen molar-refractivity contribution >= 4 is 21.8 Å². The van der Waals surface area contributed by atoms with Crippen molar-refractivity contribution in [3.8, 4) is 0 Å². The number of rotatable bonds is 2. The van der Waals surface area contributed by atoms with Crippen molar-refractivity contribution < 1.29 is 8.42 Å². The number of nitrogens with two attached hydrogens (primary N) is 2. The van der Waals surface area contributed by atoms with Crippen LogP contribution in [0.3, 0.4) is 0 Å². The summed E-state index contributed by atoms with van der Waals surface area (Å²) >= 11 is 0. The molecule has 0 spiro atoms. The van der Waals surface area contributed by atoms with Crippen molar-refractivity contribution in [1.82, 2.24) is 0 Å². The van der Waals surface area contributed by atoms with Crippen molar-refractivity contribution in [2.45, 2.75) is 0 Å². The Hall–Kier alpha value is -1.33. The van der Waals surface area contributed by atoms with Gasteiger partial charge in [-0.15, -0.1) is 0 Å². The van der Waals surface area contributed by atoms with E-state index >= 15 is 0 Å². The van der Waals surface area contributed by atoms with Gasteiger partial charge in [0.05, 0.1) is 0 Å². The topological polar surface area (TPSA) is 86.2 Å². The van der Waals surface area contributed by atoms with E-state index in [0.717, 1.165) is 11.0 Å². The van der Waals surface area contributed by atoms with Crippen molar-refractivity contribution in [2.75, 3.05) is 5.73 Å². The van der Waals surface area contributed by atoms with Gasteiger partial charge in [-0.05, 0) is 23.8 Å². The second-order valence-corrected chi connectivity index (χ2v) is 4.01. The summed E-state index contributed by atoms with van der Waals surface area (Å²) in [6.07, 6.45) is 1.41. The Morgan fingerprint density at radius 3 is 2.15 bits per heavy atom. The van der Waals surface area contributed by atoms with Crippen LogP contribution in [-0.4, -0.2) is 8.42 Å². The number of hydrogen-bond donors (Lipinski definition) is 2. The van der Waals surface area contributed by atoms with Crippen LogP contribution in [0.1, 0.15) is 5.56 Å². The molecule has 0 unspecified atom stereocenters. The summed E-state index contributed by atoms with van der Waals surface area (Å²) in [5.41, 5.74) is 6.81. The molecule has 0 fully saturated rings. The summed E-state index contributed by atoms with van der Waals surface area (Å²) in [4.78, 5) is 0. The van der Waals surface area contributed by atoms with Gasteiger partial charge in [0.25, 0.3) is 0 Å². The molecule has 1 aromatic rings. The maximum absolute atomic E-state index is 10.5. The first-order valence-electron chi connectivity index (χ1n) is 3.54. The van der Waals surface area contributed by atoms with Gasteiger partial charge in [0.2, 0.25) is 10.0 Å². The number of primary sulfonamides is 1. The Morgan fingerprint density at radius 2 is 1.69 bits per heavy atom. The fourth-order valence-electron chi connectivity index (χ4n) is 0.781. The first-order valence-corrected chi connectivity index (χ1v) is 5.15. The second-order valence-electron chi connectivity index (χ2n) is 2.56. The summed E-state index contributed by atoms with van der Waals surface area (Å²) in [7, 11) is -3.54. The maximum atomic E-state index is 10.5. The molecule has 0 aliphatic carbocycles. The zero-order valence-corrected chi connectivity index (χ0v) is 7.66. The van der Waals surface area contributed by atoms with E-state index in [4.69, 9.17) is 10.9 Å². The Kier molecular flexibility index (Phi) is 2.69. The highest BCUT2D eigenvalue weighted by molar-refractivity contribution is 7.92. The van der Waals surface area contributed by atoms with Crippen LogP contribution in [0.2, 0.25) is 0 Å². The Balaban J connectivity index is 2.88. The highest BCUT2D eigenvalue weighted by Gasteiger charge is 1.93. The first kappa shape index (κ1) is 9.76. The third-order valence-electron chi connectivity index (χ3n) is 1.39. The fourth-order valence-corrected chi connectivity index (χ4v) is 1.13. The molecule has 0 saturated heterocycles. The smallest absolute Gasteiger partial charge is 0.231 e. The average Bonchev–Trinajstić information content (AvgIpc) is 2.02. The molecule has 1 aromatic carbocycles. The lowest BCUT2D eigenvalue weighted by atomic mass is 10.2. The van der Waals surface area contributed by atoms with E-state index in [1.54, 1.807) is 24.3 Å². The highest BCUT2D eigenvalue weighted by Crippen LogP contribution is 2.07. The van der Waals surface area contributed by atoms with Gasteiger partial charge >= 0.3 is 0 Å². The van der Waals surface area contributed by atoms with E-state index in [1.165, 1.54) is 6.08 Å². The quantitative estimate of drug-likeness (QED) is 0.679. The molecule has 1 rings (SSSR count). The van der Waals surface area contributed by atoms with Crippen LogP contribution in [0.5, 0.6) is 0 Å². The van der Waals surface area contributed by atoms with Crippen molar-refractivity contribution in [3.63, 3.8) is 0 Å². The monoisotopic (exact) mass is 198 g/mol. The summed E-state index contributed by atoms with van der Waals surface area (Å²) in [6, 6.07) is 6.78. The second kappa shape index (κ2) is 3.59. The van der Waals surface area contributed by atoms with Crippen molar-refractivity contribution in [2.24, 2.45) is 5.14 Å². The molecular formula is C8H10N2O2S. The van der Waals surface area contributed by atoms with Gasteiger partial charge in [0.15, 0.2) is 0 Å². The summed E-state index contributed by atoms with van der Waals surface area (Å²) in [5, 5.41) is 5.72. The van der Waals surface area contributed by atoms with Crippen molar-refractivity contribution in [3.05, 3.63) is 35.2 Å². The molecule has 13 heavy (non-hydrogen) atoms. The van der Waals surface area contributed by atoms with Gasteiger partial charge in [0, 0.05) is 11.1 Å². The molecule has 0 saturated carbocycles. The molecule has 0 aromatic heterocycles. The lowest BCUT2D eigenvalue weighted by molar-refractivity contribution is 0.606. The standard InChI is InChI=1S/C8H10N2O2S/c9-8-3-1-7(2-4-8)5-6-13(10,11)12/h1-6H,9H2,(H2,10,11,12). The summed E-state index contributed by atoms with van der Waals surface area (Å²) in [5.74, 6) is 0. The minimum absolute atomic E-state index is 0.632. The molecule has 0 atom stereocenters. The van der Waals surface area contributed by atoms with Gasteiger partial charge in [0.1, 0.15) is 0 Å². The number of sulfonamides is 1. The third-order valence-corrected chi connectivity index (χ3v) is 1.90. The SMILES string of the molecule is Nc1ccc(C=CS(N)(=O)=O)cc1. The number of nitrogen functional groups attached to an aromatic ring is 1. The zero-order valence-electron chi connectivity index (χ0n) is 6.84. The largest absolute Gasteiger partial charge is 0.399 e. The van der Waals surface area contributed by atoms with Gasteiger partial charge in [-0.25, -0.2) is 13.6 Å². The summed E-state index contributed by atoms with van der Waals surface area (Å²) in [6.45, 7) is 0. The van der Waals surface area contributed by atoms with Gasteiger partial charge < -0.3 is 5.73 Å². The van der Waals surface area contributed by atoms with Crippen LogP contribution in [0.25, 0.3) is 6.08 Å². The molecule has 4 nitrogen and oxygen atoms in total. The predicted molar refractivity (Wildman–Crippen MR) is 53.0 cm³/mol. The summed E-state index contributed by atoms with van der Waals surface area (Å²) < 4.78 is 21.1. The molecule has 0 amide bonds. The molecule has 0 aliphatic rings. The molecule has 0 aliphatic heterocycles. The van der Waals surface area contributed by atoms with Crippen LogP contribution < -0.4 is 10.9 Å². The van der Waals surface area contributed by atoms with Crippen LogP contribution in [0.15, 0.2) is 29.7 Å². The minimum Gasteiger partial charge on any atom is -0.399 e. The first-order chi connectivity index (χ1) is 5.97. The van der Waals surface area contributed by atoms with Gasteiger partial charge in [-0.1, -0.05) is 12.1 Å². The zero-order chi connectivity index (χ0) is 9.90. The number of benzene rings is 1. The lowest BCUT2D eigenvalue weighted by Crippen LogP contribution is -2.06. The molecule has 4 N–H and O–H groups in total. The van der Waals surface area contributed by atoms with Gasteiger partial charge in [-0.3, -0.25) is 0 Å². The van der Waals surface area contributed by atoms with E-state index in [9.17, 15) is 8.42 Å². The molecule has 0 radical (unpaired) electrons. The van der Waals surface area contributed by atoms with Crippen LogP contribution in [0.4, 0.5) is 5.69 Å². The van der Waals surface area contributed by atoms with Gasteiger partial charge in [-0.2, -0.15) is 0 Å². The van der Waals surface area contributed by atoms with Crippen LogP contribution in [0, 0.1) is 0 Å².